The van der Waals surface area contributed by atoms with Gasteiger partial charge in [-0.05, 0) is 16.7 Å². The molecule has 0 bridgehead atoms. The molecule has 3 aromatic rings. The summed E-state index contributed by atoms with van der Waals surface area (Å²) >= 11 is 0. The van der Waals surface area contributed by atoms with Crippen LogP contribution in [0.3, 0.4) is 0 Å². The van der Waals surface area contributed by atoms with Gasteiger partial charge in [0.2, 0.25) is 0 Å². The number of hydrogen-bond donors (Lipinski definition) is 3. The molecule has 1 fully saturated rings. The Morgan fingerprint density at radius 2 is 1.12 bits per heavy atom. The number of rotatable bonds is 10. The Morgan fingerprint density at radius 3 is 1.65 bits per heavy atom. The van der Waals surface area contributed by atoms with Crippen LogP contribution in [0, 0.1) is 0 Å². The first-order valence-corrected chi connectivity index (χ1v) is 11.7. The topological polar surface area (TPSA) is 80.2 Å². The van der Waals surface area contributed by atoms with E-state index in [1.54, 1.807) is 0 Å². The van der Waals surface area contributed by atoms with Crippen molar-refractivity contribution in [1.29, 1.82) is 0 Å². The molecule has 1 aliphatic heterocycles. The second kappa shape index (κ2) is 12.8. The number of aliphatic hydroxyl groups is 2. The van der Waals surface area contributed by atoms with Gasteiger partial charge in [-0.1, -0.05) is 91.0 Å². The van der Waals surface area contributed by atoms with Crippen LogP contribution in [0.4, 0.5) is 0 Å². The van der Waals surface area contributed by atoms with Crippen molar-refractivity contribution in [2.75, 3.05) is 13.2 Å². The smallest absolute Gasteiger partial charge is 0.114 e. The normalized spacial score (nSPS) is 25.1. The van der Waals surface area contributed by atoms with Crippen LogP contribution in [-0.4, -0.2) is 53.8 Å². The summed E-state index contributed by atoms with van der Waals surface area (Å²) in [5.41, 5.74) is 3.09. The van der Waals surface area contributed by atoms with E-state index >= 15 is 0 Å². The first-order valence-electron chi connectivity index (χ1n) is 11.7. The zero-order valence-electron chi connectivity index (χ0n) is 19.2. The number of ether oxygens (including phenoxy) is 3. The third-order valence-electron chi connectivity index (χ3n) is 6.02. The average molecular weight is 464 g/mol. The van der Waals surface area contributed by atoms with Crippen molar-refractivity contribution in [1.82, 2.24) is 5.32 Å². The highest BCUT2D eigenvalue weighted by Crippen LogP contribution is 2.22. The molecule has 1 saturated heterocycles. The minimum atomic E-state index is -1.10. The van der Waals surface area contributed by atoms with Gasteiger partial charge >= 0.3 is 0 Å². The Kier molecular flexibility index (Phi) is 9.21. The van der Waals surface area contributed by atoms with Crippen molar-refractivity contribution in [3.8, 4) is 0 Å². The predicted molar refractivity (Wildman–Crippen MR) is 130 cm³/mol. The summed E-state index contributed by atoms with van der Waals surface area (Å²) in [6, 6.07) is 29.4. The lowest BCUT2D eigenvalue weighted by Gasteiger charge is -2.34. The van der Waals surface area contributed by atoms with E-state index in [0.29, 0.717) is 26.4 Å². The summed E-state index contributed by atoms with van der Waals surface area (Å²) in [4.78, 5) is 0. The first kappa shape index (κ1) is 24.5. The van der Waals surface area contributed by atoms with Crippen LogP contribution in [0.15, 0.2) is 91.0 Å². The lowest BCUT2D eigenvalue weighted by atomic mass is 10.00. The molecule has 3 aromatic carbocycles. The van der Waals surface area contributed by atoms with E-state index in [4.69, 9.17) is 14.2 Å². The molecule has 180 valence electrons. The van der Waals surface area contributed by atoms with Crippen molar-refractivity contribution in [2.24, 2.45) is 0 Å². The summed E-state index contributed by atoms with van der Waals surface area (Å²) in [5.74, 6) is 0. The van der Waals surface area contributed by atoms with Crippen LogP contribution >= 0.6 is 0 Å². The molecule has 6 heteroatoms. The van der Waals surface area contributed by atoms with E-state index in [9.17, 15) is 10.2 Å². The summed E-state index contributed by atoms with van der Waals surface area (Å²) in [6.45, 7) is 1.69. The zero-order chi connectivity index (χ0) is 23.6. The highest BCUT2D eigenvalue weighted by atomic mass is 16.6. The Balaban J connectivity index is 1.49. The molecule has 3 N–H and O–H groups in total. The standard InChI is InChI=1S/C28H33NO5/c30-25-16-29-24(20-32-17-21-10-4-1-5-11-21)27(33-18-22-12-6-2-7-13-22)28(26(25)31)34-19-23-14-8-3-9-15-23/h1-15,24-31H,16-20H2/t24-,25-,26-,27-,28-/m1/s1. The lowest BCUT2D eigenvalue weighted by Crippen LogP contribution is -2.52. The van der Waals surface area contributed by atoms with Crippen molar-refractivity contribution < 1.29 is 24.4 Å². The van der Waals surface area contributed by atoms with Crippen LogP contribution < -0.4 is 5.32 Å². The summed E-state index contributed by atoms with van der Waals surface area (Å²) in [6.07, 6.45) is -3.36. The lowest BCUT2D eigenvalue weighted by molar-refractivity contribution is -0.157. The van der Waals surface area contributed by atoms with Gasteiger partial charge in [0.25, 0.3) is 0 Å². The highest BCUT2D eigenvalue weighted by molar-refractivity contribution is 5.15. The monoisotopic (exact) mass is 463 g/mol. The van der Waals surface area contributed by atoms with Gasteiger partial charge in [0.05, 0.1) is 38.6 Å². The maximum atomic E-state index is 10.9. The van der Waals surface area contributed by atoms with E-state index in [1.165, 1.54) is 0 Å². The largest absolute Gasteiger partial charge is 0.389 e. The summed E-state index contributed by atoms with van der Waals surface area (Å²) < 4.78 is 18.6. The molecule has 0 radical (unpaired) electrons. The maximum absolute atomic E-state index is 10.9. The molecule has 6 nitrogen and oxygen atoms in total. The molecule has 4 rings (SSSR count). The van der Waals surface area contributed by atoms with Crippen LogP contribution in [0.1, 0.15) is 16.7 Å². The third-order valence-corrected chi connectivity index (χ3v) is 6.02. The Hall–Kier alpha value is -2.58. The predicted octanol–water partition coefficient (Wildman–Crippen LogP) is 3.07. The second-order valence-corrected chi connectivity index (χ2v) is 8.60. The molecule has 0 aliphatic carbocycles. The maximum Gasteiger partial charge on any atom is 0.114 e. The van der Waals surface area contributed by atoms with E-state index in [1.807, 2.05) is 91.0 Å². The number of aliphatic hydroxyl groups excluding tert-OH is 2. The average Bonchev–Trinajstić information content (AvgIpc) is 3.00. The van der Waals surface area contributed by atoms with Gasteiger partial charge in [-0.25, -0.2) is 0 Å². The number of nitrogens with one attached hydrogen (secondary N) is 1. The van der Waals surface area contributed by atoms with Crippen molar-refractivity contribution >= 4 is 0 Å². The van der Waals surface area contributed by atoms with Gasteiger partial charge in [0, 0.05) is 6.54 Å². The quantitative estimate of drug-likeness (QED) is 0.429. The number of β-amino-alcohol motifs (C(OH)–C–C–N with tert-alkyl or cyclic N) is 1. The van der Waals surface area contributed by atoms with Gasteiger partial charge in [-0.2, -0.15) is 0 Å². The van der Waals surface area contributed by atoms with Gasteiger partial charge in [0.1, 0.15) is 18.3 Å². The molecule has 0 saturated carbocycles. The molecule has 0 amide bonds. The zero-order valence-corrected chi connectivity index (χ0v) is 19.2. The molecular formula is C28H33NO5. The van der Waals surface area contributed by atoms with E-state index in [-0.39, 0.29) is 12.6 Å². The Labute approximate surface area is 201 Å². The first-order chi connectivity index (χ1) is 16.7. The molecular weight excluding hydrogens is 430 g/mol. The van der Waals surface area contributed by atoms with Gasteiger partial charge in [-0.15, -0.1) is 0 Å². The van der Waals surface area contributed by atoms with E-state index < -0.39 is 24.4 Å². The van der Waals surface area contributed by atoms with Crippen LogP contribution in [0.5, 0.6) is 0 Å². The van der Waals surface area contributed by atoms with Crippen molar-refractivity contribution in [3.63, 3.8) is 0 Å². The Bertz CT molecular complexity index is 956. The van der Waals surface area contributed by atoms with Gasteiger partial charge in [-0.3, -0.25) is 0 Å². The van der Waals surface area contributed by atoms with Crippen LogP contribution in [0.2, 0.25) is 0 Å². The summed E-state index contributed by atoms with van der Waals surface area (Å²) in [7, 11) is 0. The van der Waals surface area contributed by atoms with Crippen molar-refractivity contribution in [2.45, 2.75) is 50.3 Å². The minimum Gasteiger partial charge on any atom is -0.389 e. The van der Waals surface area contributed by atoms with Gasteiger partial charge < -0.3 is 29.7 Å². The minimum absolute atomic E-state index is 0.219. The fourth-order valence-corrected chi connectivity index (χ4v) is 4.12. The SMILES string of the molecule is O[C@H]1[C@@H](OCc2ccccc2)[C@H](OCc2ccccc2)[C@@H](COCc2ccccc2)NC[C@H]1O. The molecule has 0 aromatic heterocycles. The third kappa shape index (κ3) is 6.96. The van der Waals surface area contributed by atoms with Gasteiger partial charge in [0.15, 0.2) is 0 Å². The van der Waals surface area contributed by atoms with E-state index in [0.717, 1.165) is 16.7 Å². The van der Waals surface area contributed by atoms with Crippen LogP contribution in [0.25, 0.3) is 0 Å². The van der Waals surface area contributed by atoms with E-state index in [2.05, 4.69) is 5.32 Å². The molecule has 5 atom stereocenters. The number of hydrogen-bond acceptors (Lipinski definition) is 6. The fraction of sp³-hybridized carbons (Fsp3) is 0.357. The number of benzene rings is 3. The molecule has 0 unspecified atom stereocenters. The Morgan fingerprint density at radius 1 is 0.647 bits per heavy atom. The molecule has 0 spiro atoms. The highest BCUT2D eigenvalue weighted by Gasteiger charge is 2.42. The van der Waals surface area contributed by atoms with Crippen LogP contribution in [-0.2, 0) is 34.0 Å². The summed E-state index contributed by atoms with van der Waals surface area (Å²) in [5, 5.41) is 24.8. The second-order valence-electron chi connectivity index (χ2n) is 8.60. The molecule has 34 heavy (non-hydrogen) atoms. The fourth-order valence-electron chi connectivity index (χ4n) is 4.12. The molecule has 1 aliphatic rings. The van der Waals surface area contributed by atoms with Crippen molar-refractivity contribution in [3.05, 3.63) is 108 Å². The molecule has 1 heterocycles.